The number of nitrogens with zero attached hydrogens (tertiary/aromatic N) is 1. The second-order valence-corrected chi connectivity index (χ2v) is 6.13. The Labute approximate surface area is 148 Å². The number of methoxy groups -OCH3 is 1. The molecule has 2 aromatic rings. The highest BCUT2D eigenvalue weighted by Gasteiger charge is 2.36. The van der Waals surface area contributed by atoms with Gasteiger partial charge < -0.3 is 15.0 Å². The summed E-state index contributed by atoms with van der Waals surface area (Å²) in [4.78, 5) is 40.7. The van der Waals surface area contributed by atoms with Gasteiger partial charge in [0.1, 0.15) is 12.3 Å². The van der Waals surface area contributed by atoms with E-state index in [1.807, 2.05) is 0 Å². The number of para-hydroxylation sites is 2. The Hall–Kier alpha value is -3.00. The van der Waals surface area contributed by atoms with E-state index < -0.39 is 17.1 Å². The van der Waals surface area contributed by atoms with Crippen LogP contribution in [0.25, 0.3) is 6.08 Å². The third kappa shape index (κ3) is 3.74. The van der Waals surface area contributed by atoms with E-state index in [0.717, 1.165) is 16.7 Å². The first-order valence-electron chi connectivity index (χ1n) is 7.40. The molecule has 3 amide bonds. The number of carbonyl (C=O) groups excluding carboxylic acids is 3. The van der Waals surface area contributed by atoms with Crippen LogP contribution in [-0.2, 0) is 9.59 Å². The number of anilines is 1. The highest BCUT2D eigenvalue weighted by molar-refractivity contribution is 8.18. The molecule has 7 nitrogen and oxygen atoms in total. The zero-order valence-corrected chi connectivity index (χ0v) is 14.1. The molecule has 25 heavy (non-hydrogen) atoms. The topological polar surface area (TPSA) is 91.5 Å². The van der Waals surface area contributed by atoms with Gasteiger partial charge in [-0.15, -0.1) is 0 Å². The van der Waals surface area contributed by atoms with Crippen molar-refractivity contribution in [2.24, 2.45) is 0 Å². The maximum atomic E-state index is 12.4. The lowest BCUT2D eigenvalue weighted by Gasteiger charge is -2.14. The van der Waals surface area contributed by atoms with Crippen molar-refractivity contribution < 1.29 is 19.1 Å². The van der Waals surface area contributed by atoms with Crippen molar-refractivity contribution in [3.63, 3.8) is 0 Å². The van der Waals surface area contributed by atoms with Crippen LogP contribution in [0.3, 0.4) is 0 Å². The fraction of sp³-hybridized carbons (Fsp3) is 0.118. The van der Waals surface area contributed by atoms with Crippen molar-refractivity contribution in [3.05, 3.63) is 53.2 Å². The highest BCUT2D eigenvalue weighted by atomic mass is 32.2. The number of H-pyrrole nitrogens is 1. The summed E-state index contributed by atoms with van der Waals surface area (Å²) in [6, 6.07) is 10.5. The van der Waals surface area contributed by atoms with Crippen LogP contribution in [0.5, 0.6) is 5.75 Å². The summed E-state index contributed by atoms with van der Waals surface area (Å²) >= 11 is 0.810. The summed E-state index contributed by atoms with van der Waals surface area (Å²) in [6.07, 6.45) is 3.31. The summed E-state index contributed by atoms with van der Waals surface area (Å²) < 4.78 is 5.16. The molecule has 0 radical (unpaired) electrons. The summed E-state index contributed by atoms with van der Waals surface area (Å²) in [5.41, 5.74) is 1.19. The first-order chi connectivity index (χ1) is 12.1. The average Bonchev–Trinajstić information content (AvgIpc) is 3.20. The Morgan fingerprint density at radius 1 is 1.28 bits per heavy atom. The number of rotatable bonds is 5. The molecule has 0 bridgehead atoms. The van der Waals surface area contributed by atoms with Gasteiger partial charge in [0, 0.05) is 11.9 Å². The van der Waals surface area contributed by atoms with Gasteiger partial charge in [0.2, 0.25) is 5.91 Å². The van der Waals surface area contributed by atoms with E-state index in [1.54, 1.807) is 48.7 Å². The maximum Gasteiger partial charge on any atom is 0.294 e. The third-order valence-electron chi connectivity index (χ3n) is 3.46. The number of carbonyl (C=O) groups is 3. The molecule has 3 rings (SSSR count). The number of nitrogens with one attached hydrogen (secondary N) is 2. The van der Waals surface area contributed by atoms with E-state index in [4.69, 9.17) is 4.74 Å². The number of ether oxygens (including phenoxy) is 1. The van der Waals surface area contributed by atoms with Gasteiger partial charge in [0.25, 0.3) is 11.1 Å². The minimum atomic E-state index is -0.486. The summed E-state index contributed by atoms with van der Waals surface area (Å²) in [7, 11) is 1.49. The molecule has 8 heteroatoms. The van der Waals surface area contributed by atoms with E-state index in [9.17, 15) is 14.4 Å². The molecule has 2 N–H and O–H groups in total. The van der Waals surface area contributed by atoms with E-state index in [0.29, 0.717) is 17.1 Å². The molecule has 0 unspecified atom stereocenters. The predicted octanol–water partition coefficient (Wildman–Crippen LogP) is 2.70. The molecule has 0 spiro atoms. The third-order valence-corrected chi connectivity index (χ3v) is 4.37. The minimum absolute atomic E-state index is 0.276. The first kappa shape index (κ1) is 16.8. The Morgan fingerprint density at radius 2 is 2.08 bits per heavy atom. The molecule has 0 atom stereocenters. The standard InChI is InChI=1S/C17H15N3O4S/c1-24-13-7-3-2-6-12(13)19-15(21)10-20-16(22)14(25-17(20)23)9-11-5-4-8-18-11/h2-9,18H,10H2,1H3,(H,19,21)/b14-9+. The zero-order valence-electron chi connectivity index (χ0n) is 13.3. The van der Waals surface area contributed by atoms with E-state index in [1.165, 1.54) is 7.11 Å². The van der Waals surface area contributed by atoms with Crippen molar-refractivity contribution in [1.82, 2.24) is 9.88 Å². The molecule has 1 aliphatic heterocycles. The number of imide groups is 1. The second kappa shape index (κ2) is 7.27. The van der Waals surface area contributed by atoms with Crippen LogP contribution < -0.4 is 10.1 Å². The summed E-state index contributed by atoms with van der Waals surface area (Å²) in [5, 5.41) is 2.17. The van der Waals surface area contributed by atoms with Crippen LogP contribution in [0.2, 0.25) is 0 Å². The normalized spacial score (nSPS) is 15.7. The highest BCUT2D eigenvalue weighted by Crippen LogP contribution is 2.32. The van der Waals surface area contributed by atoms with Crippen LogP contribution in [0.15, 0.2) is 47.5 Å². The lowest BCUT2D eigenvalue weighted by molar-refractivity contribution is -0.127. The minimum Gasteiger partial charge on any atom is -0.495 e. The Morgan fingerprint density at radius 3 is 2.80 bits per heavy atom. The number of benzene rings is 1. The fourth-order valence-electron chi connectivity index (χ4n) is 2.29. The largest absolute Gasteiger partial charge is 0.495 e. The number of thioether (sulfide) groups is 1. The van der Waals surface area contributed by atoms with Crippen molar-refractivity contribution in [3.8, 4) is 5.75 Å². The summed E-state index contributed by atoms with van der Waals surface area (Å²) in [6.45, 7) is -0.356. The Bertz CT molecular complexity index is 845. The van der Waals surface area contributed by atoms with Gasteiger partial charge in [-0.2, -0.15) is 0 Å². The molecule has 1 aromatic heterocycles. The smallest absolute Gasteiger partial charge is 0.294 e. The van der Waals surface area contributed by atoms with Gasteiger partial charge in [-0.1, -0.05) is 12.1 Å². The average molecular weight is 357 g/mol. The van der Waals surface area contributed by atoms with Crippen molar-refractivity contribution >= 4 is 40.6 Å². The monoisotopic (exact) mass is 357 g/mol. The van der Waals surface area contributed by atoms with Crippen LogP contribution in [-0.4, -0.2) is 40.6 Å². The van der Waals surface area contributed by atoms with E-state index in [2.05, 4.69) is 10.3 Å². The molecule has 1 saturated heterocycles. The molecular formula is C17H15N3O4S. The maximum absolute atomic E-state index is 12.4. The lowest BCUT2D eigenvalue weighted by Crippen LogP contribution is -2.36. The SMILES string of the molecule is COc1ccccc1NC(=O)CN1C(=O)S/C(=C/c2ccc[nH]2)C1=O. The van der Waals surface area contributed by atoms with Gasteiger partial charge in [-0.3, -0.25) is 19.3 Å². The molecule has 1 fully saturated rings. The van der Waals surface area contributed by atoms with Crippen molar-refractivity contribution in [2.75, 3.05) is 19.0 Å². The lowest BCUT2D eigenvalue weighted by atomic mass is 10.3. The van der Waals surface area contributed by atoms with Crippen LogP contribution in [0, 0.1) is 0 Å². The van der Waals surface area contributed by atoms with Gasteiger partial charge >= 0.3 is 0 Å². The number of hydrogen-bond donors (Lipinski definition) is 2. The van der Waals surface area contributed by atoms with Gasteiger partial charge in [0.05, 0.1) is 17.7 Å². The molecule has 0 aliphatic carbocycles. The van der Waals surface area contributed by atoms with Gasteiger partial charge in [-0.25, -0.2) is 0 Å². The van der Waals surface area contributed by atoms with Crippen molar-refractivity contribution in [1.29, 1.82) is 0 Å². The van der Waals surface area contributed by atoms with E-state index in [-0.39, 0.29) is 11.4 Å². The quantitative estimate of drug-likeness (QED) is 0.803. The zero-order chi connectivity index (χ0) is 17.8. The number of aromatic amines is 1. The second-order valence-electron chi connectivity index (χ2n) is 5.14. The predicted molar refractivity (Wildman–Crippen MR) is 95.1 cm³/mol. The molecule has 1 aromatic carbocycles. The summed E-state index contributed by atoms with van der Waals surface area (Å²) in [5.74, 6) is -0.468. The van der Waals surface area contributed by atoms with Crippen LogP contribution in [0.4, 0.5) is 10.5 Å². The van der Waals surface area contributed by atoms with Crippen LogP contribution >= 0.6 is 11.8 Å². The molecule has 128 valence electrons. The van der Waals surface area contributed by atoms with E-state index >= 15 is 0 Å². The molecule has 1 aliphatic rings. The number of hydrogen-bond acceptors (Lipinski definition) is 5. The number of amides is 3. The first-order valence-corrected chi connectivity index (χ1v) is 8.22. The Balaban J connectivity index is 1.69. The fourth-order valence-corrected chi connectivity index (χ4v) is 3.12. The van der Waals surface area contributed by atoms with Gasteiger partial charge in [-0.05, 0) is 42.1 Å². The number of aromatic nitrogens is 1. The molecular weight excluding hydrogens is 342 g/mol. The molecule has 0 saturated carbocycles. The van der Waals surface area contributed by atoms with Gasteiger partial charge in [0.15, 0.2) is 0 Å². The van der Waals surface area contributed by atoms with Crippen LogP contribution in [0.1, 0.15) is 5.69 Å². The van der Waals surface area contributed by atoms with Crippen molar-refractivity contribution in [2.45, 2.75) is 0 Å². The molecule has 2 heterocycles. The Kier molecular flexibility index (Phi) is 4.90.